The van der Waals surface area contributed by atoms with E-state index < -0.39 is 6.09 Å². The Kier molecular flexibility index (Phi) is 6.88. The maximum absolute atomic E-state index is 11.6. The highest BCUT2D eigenvalue weighted by molar-refractivity contribution is 5.77. The summed E-state index contributed by atoms with van der Waals surface area (Å²) >= 11 is 0. The van der Waals surface area contributed by atoms with Crippen molar-refractivity contribution in [2.45, 2.75) is 19.9 Å². The number of hydrogen-bond donors (Lipinski definition) is 2. The first-order valence-corrected chi connectivity index (χ1v) is 6.32. The minimum Gasteiger partial charge on any atom is -0.481 e. The van der Waals surface area contributed by atoms with Crippen LogP contribution in [0, 0.1) is 0 Å². The van der Waals surface area contributed by atoms with Gasteiger partial charge in [-0.1, -0.05) is 6.07 Å². The largest absolute Gasteiger partial charge is 0.481 e. The number of alkyl carbamates (subject to hydrolysis) is 1. The zero-order chi connectivity index (χ0) is 14.8. The normalized spacial score (nSPS) is 9.70. The quantitative estimate of drug-likeness (QED) is 0.773. The van der Waals surface area contributed by atoms with E-state index in [9.17, 15) is 9.59 Å². The third-order valence-corrected chi connectivity index (χ3v) is 2.42. The maximum Gasteiger partial charge on any atom is 0.407 e. The summed E-state index contributed by atoms with van der Waals surface area (Å²) < 4.78 is 9.76. The molecule has 2 N–H and O–H groups in total. The average molecular weight is 281 g/mol. The molecule has 0 aromatic carbocycles. The number of carbonyl (C=O) groups is 2. The standard InChI is InChI=1S/C13H19N3O4/c1-3-20-13(18)15-8-6-11(17)16-9-10-5-4-7-14-12(10)19-2/h4-5,7H,3,6,8-9H2,1-2H3,(H,15,18)(H,16,17). The first kappa shape index (κ1) is 15.7. The molecule has 7 heteroatoms. The molecule has 0 spiro atoms. The summed E-state index contributed by atoms with van der Waals surface area (Å²) in [5.41, 5.74) is 0.793. The van der Waals surface area contributed by atoms with E-state index in [-0.39, 0.29) is 18.9 Å². The molecule has 20 heavy (non-hydrogen) atoms. The lowest BCUT2D eigenvalue weighted by Crippen LogP contribution is -2.30. The molecule has 0 aliphatic carbocycles. The van der Waals surface area contributed by atoms with Crippen molar-refractivity contribution in [3.05, 3.63) is 23.9 Å². The van der Waals surface area contributed by atoms with Crippen molar-refractivity contribution < 1.29 is 19.1 Å². The van der Waals surface area contributed by atoms with E-state index in [1.807, 2.05) is 6.07 Å². The van der Waals surface area contributed by atoms with Crippen LogP contribution in [0.25, 0.3) is 0 Å². The molecule has 0 saturated heterocycles. The number of hydrogen-bond acceptors (Lipinski definition) is 5. The summed E-state index contributed by atoms with van der Waals surface area (Å²) in [5.74, 6) is 0.310. The predicted octanol–water partition coefficient (Wildman–Crippen LogP) is 0.843. The minimum absolute atomic E-state index is 0.173. The monoisotopic (exact) mass is 281 g/mol. The van der Waals surface area contributed by atoms with E-state index in [0.717, 1.165) is 5.56 Å². The molecule has 0 aliphatic heterocycles. The number of nitrogens with zero attached hydrogens (tertiary/aromatic N) is 1. The molecule has 0 fully saturated rings. The Balaban J connectivity index is 2.28. The van der Waals surface area contributed by atoms with E-state index in [1.165, 1.54) is 7.11 Å². The van der Waals surface area contributed by atoms with E-state index in [2.05, 4.69) is 20.4 Å². The molecule has 110 valence electrons. The van der Waals surface area contributed by atoms with Gasteiger partial charge in [0.2, 0.25) is 11.8 Å². The third-order valence-electron chi connectivity index (χ3n) is 2.42. The van der Waals surface area contributed by atoms with Crippen molar-refractivity contribution in [2.24, 2.45) is 0 Å². The number of nitrogens with one attached hydrogen (secondary N) is 2. The zero-order valence-electron chi connectivity index (χ0n) is 11.6. The number of aromatic nitrogens is 1. The fourth-order valence-corrected chi connectivity index (χ4v) is 1.48. The summed E-state index contributed by atoms with van der Waals surface area (Å²) in [7, 11) is 1.52. The molecule has 0 saturated carbocycles. The summed E-state index contributed by atoms with van der Waals surface area (Å²) in [6, 6.07) is 3.59. The average Bonchev–Trinajstić information content (AvgIpc) is 2.45. The van der Waals surface area contributed by atoms with E-state index >= 15 is 0 Å². The highest BCUT2D eigenvalue weighted by atomic mass is 16.5. The highest BCUT2D eigenvalue weighted by Crippen LogP contribution is 2.12. The summed E-state index contributed by atoms with van der Waals surface area (Å²) in [4.78, 5) is 26.6. The van der Waals surface area contributed by atoms with Gasteiger partial charge in [0.25, 0.3) is 0 Å². The summed E-state index contributed by atoms with van der Waals surface area (Å²) in [6.45, 7) is 2.58. The molecule has 0 bridgehead atoms. The first-order valence-electron chi connectivity index (χ1n) is 6.32. The van der Waals surface area contributed by atoms with Gasteiger partial charge in [0.05, 0.1) is 13.7 Å². The fraction of sp³-hybridized carbons (Fsp3) is 0.462. The van der Waals surface area contributed by atoms with Crippen LogP contribution in [0.2, 0.25) is 0 Å². The molecule has 2 amide bonds. The predicted molar refractivity (Wildman–Crippen MR) is 72.3 cm³/mol. The Hall–Kier alpha value is -2.31. The van der Waals surface area contributed by atoms with Crippen molar-refractivity contribution in [2.75, 3.05) is 20.3 Å². The van der Waals surface area contributed by atoms with Gasteiger partial charge in [0.15, 0.2) is 0 Å². The van der Waals surface area contributed by atoms with Crippen LogP contribution in [0.3, 0.4) is 0 Å². The molecule has 0 aliphatic rings. The molecular weight excluding hydrogens is 262 g/mol. The van der Waals surface area contributed by atoms with Gasteiger partial charge >= 0.3 is 6.09 Å². The SMILES string of the molecule is CCOC(=O)NCCC(=O)NCc1cccnc1OC. The molecule has 1 heterocycles. The van der Waals surface area contributed by atoms with Crippen LogP contribution in [-0.4, -0.2) is 37.2 Å². The lowest BCUT2D eigenvalue weighted by atomic mass is 10.2. The summed E-state index contributed by atoms with van der Waals surface area (Å²) in [5, 5.41) is 5.20. The Bertz CT molecular complexity index is 451. The third kappa shape index (κ3) is 5.55. The van der Waals surface area contributed by atoms with Gasteiger partial charge in [-0.2, -0.15) is 0 Å². The number of methoxy groups -OCH3 is 1. The number of ether oxygens (including phenoxy) is 2. The van der Waals surface area contributed by atoms with Gasteiger partial charge in [-0.05, 0) is 13.0 Å². The smallest absolute Gasteiger partial charge is 0.407 e. The van der Waals surface area contributed by atoms with Crippen molar-refractivity contribution in [1.29, 1.82) is 0 Å². The van der Waals surface area contributed by atoms with Crippen LogP contribution >= 0.6 is 0 Å². The molecule has 1 rings (SSSR count). The van der Waals surface area contributed by atoms with E-state index in [4.69, 9.17) is 4.74 Å². The zero-order valence-corrected chi connectivity index (χ0v) is 11.6. The van der Waals surface area contributed by atoms with Crippen molar-refractivity contribution in [3.63, 3.8) is 0 Å². The van der Waals surface area contributed by atoms with E-state index in [1.54, 1.807) is 19.2 Å². The Morgan fingerprint density at radius 2 is 2.15 bits per heavy atom. The first-order chi connectivity index (χ1) is 9.67. The number of carbonyl (C=O) groups excluding carboxylic acids is 2. The maximum atomic E-state index is 11.6. The van der Waals surface area contributed by atoms with Crippen LogP contribution in [0.5, 0.6) is 5.88 Å². The van der Waals surface area contributed by atoms with Crippen molar-refractivity contribution in [1.82, 2.24) is 15.6 Å². The number of pyridine rings is 1. The molecule has 1 aromatic rings. The van der Waals surface area contributed by atoms with Gasteiger partial charge in [0, 0.05) is 31.3 Å². The molecular formula is C13H19N3O4. The molecule has 7 nitrogen and oxygen atoms in total. The minimum atomic E-state index is -0.519. The second-order valence-electron chi connectivity index (χ2n) is 3.85. The summed E-state index contributed by atoms with van der Waals surface area (Å²) in [6.07, 6.45) is 1.28. The van der Waals surface area contributed by atoms with Gasteiger partial charge in [-0.15, -0.1) is 0 Å². The van der Waals surface area contributed by atoms with Gasteiger partial charge in [-0.3, -0.25) is 4.79 Å². The van der Waals surface area contributed by atoms with E-state index in [0.29, 0.717) is 19.0 Å². The lowest BCUT2D eigenvalue weighted by Gasteiger charge is -2.09. The number of amides is 2. The second-order valence-corrected chi connectivity index (χ2v) is 3.85. The van der Waals surface area contributed by atoms with Crippen LogP contribution < -0.4 is 15.4 Å². The highest BCUT2D eigenvalue weighted by Gasteiger charge is 2.07. The fourth-order valence-electron chi connectivity index (χ4n) is 1.48. The van der Waals surface area contributed by atoms with Crippen molar-refractivity contribution >= 4 is 12.0 Å². The van der Waals surface area contributed by atoms with Crippen LogP contribution in [0.4, 0.5) is 4.79 Å². The Morgan fingerprint density at radius 3 is 2.85 bits per heavy atom. The number of rotatable bonds is 7. The molecule has 0 unspecified atom stereocenters. The molecule has 0 atom stereocenters. The Morgan fingerprint density at radius 1 is 1.35 bits per heavy atom. The van der Waals surface area contributed by atoms with Gasteiger partial charge in [0.1, 0.15) is 0 Å². The van der Waals surface area contributed by atoms with Gasteiger partial charge < -0.3 is 20.1 Å². The topological polar surface area (TPSA) is 89.5 Å². The van der Waals surface area contributed by atoms with Crippen LogP contribution in [0.1, 0.15) is 18.9 Å². The molecule has 1 aromatic heterocycles. The Labute approximate surface area is 117 Å². The van der Waals surface area contributed by atoms with Crippen molar-refractivity contribution in [3.8, 4) is 5.88 Å². The molecule has 0 radical (unpaired) electrons. The second kappa shape index (κ2) is 8.73. The van der Waals surface area contributed by atoms with Crippen LogP contribution in [-0.2, 0) is 16.1 Å². The van der Waals surface area contributed by atoms with Crippen LogP contribution in [0.15, 0.2) is 18.3 Å². The lowest BCUT2D eigenvalue weighted by molar-refractivity contribution is -0.121. The van der Waals surface area contributed by atoms with Gasteiger partial charge in [-0.25, -0.2) is 9.78 Å².